The summed E-state index contributed by atoms with van der Waals surface area (Å²) >= 11 is 10.5. The highest BCUT2D eigenvalue weighted by Crippen LogP contribution is 2.34. The summed E-state index contributed by atoms with van der Waals surface area (Å²) in [5.74, 6) is 0.0845. The maximum absolute atomic E-state index is 13.7. The third kappa shape index (κ3) is 2.60. The number of rotatable bonds is 3. The van der Waals surface area contributed by atoms with Gasteiger partial charge in [0, 0.05) is 10.9 Å². The predicted octanol–water partition coefficient (Wildman–Crippen LogP) is 5.91. The van der Waals surface area contributed by atoms with Crippen molar-refractivity contribution >= 4 is 50.5 Å². The Labute approximate surface area is 139 Å². The number of aromatic nitrogens is 2. The standard InChI is InChI=1S/C15H14BrFN2S2/c1-8(2)14(13-4-3-5-21-13)19-12-6-9(16)10(17)7-11(12)18-15(19)20/h3-8,14H,1-2H3,(H,18,20). The first-order valence-corrected chi connectivity index (χ1v) is 8.69. The zero-order valence-electron chi connectivity index (χ0n) is 11.6. The third-order valence-electron chi connectivity index (χ3n) is 3.50. The summed E-state index contributed by atoms with van der Waals surface area (Å²) < 4.78 is 16.9. The zero-order valence-corrected chi connectivity index (χ0v) is 14.8. The van der Waals surface area contributed by atoms with E-state index in [1.165, 1.54) is 10.9 Å². The molecule has 0 fully saturated rings. The van der Waals surface area contributed by atoms with Crippen LogP contribution in [0.5, 0.6) is 0 Å². The highest BCUT2D eigenvalue weighted by atomic mass is 79.9. The Balaban J connectivity index is 2.30. The Kier molecular flexibility index (Phi) is 4.03. The lowest BCUT2D eigenvalue weighted by atomic mass is 10.0. The van der Waals surface area contributed by atoms with E-state index in [0.717, 1.165) is 11.0 Å². The predicted molar refractivity (Wildman–Crippen MR) is 92.1 cm³/mol. The van der Waals surface area contributed by atoms with Gasteiger partial charge in [-0.15, -0.1) is 11.3 Å². The number of imidazole rings is 1. The van der Waals surface area contributed by atoms with E-state index in [1.54, 1.807) is 17.4 Å². The summed E-state index contributed by atoms with van der Waals surface area (Å²) in [7, 11) is 0. The molecule has 1 atom stereocenters. The lowest BCUT2D eigenvalue weighted by molar-refractivity contribution is 0.449. The van der Waals surface area contributed by atoms with E-state index < -0.39 is 0 Å². The summed E-state index contributed by atoms with van der Waals surface area (Å²) in [5, 5.41) is 2.07. The smallest absolute Gasteiger partial charge is 0.178 e. The van der Waals surface area contributed by atoms with E-state index >= 15 is 0 Å². The first kappa shape index (κ1) is 14.9. The number of hydrogen-bond acceptors (Lipinski definition) is 2. The molecule has 3 rings (SSSR count). The quantitative estimate of drug-likeness (QED) is 0.556. The van der Waals surface area contributed by atoms with Crippen molar-refractivity contribution in [1.82, 2.24) is 9.55 Å². The molecule has 0 aliphatic rings. The SMILES string of the molecule is CC(C)C(c1cccs1)n1c(=S)[nH]c2cc(F)c(Br)cc21. The molecule has 0 radical (unpaired) electrons. The zero-order chi connectivity index (χ0) is 15.1. The number of fused-ring (bicyclic) bond motifs is 1. The van der Waals surface area contributed by atoms with Gasteiger partial charge < -0.3 is 9.55 Å². The van der Waals surface area contributed by atoms with Gasteiger partial charge in [-0.3, -0.25) is 0 Å². The number of nitrogens with one attached hydrogen (secondary N) is 1. The van der Waals surface area contributed by atoms with Crippen LogP contribution in [0.2, 0.25) is 0 Å². The van der Waals surface area contributed by atoms with Crippen molar-refractivity contribution in [3.63, 3.8) is 0 Å². The fourth-order valence-electron chi connectivity index (χ4n) is 2.61. The van der Waals surface area contributed by atoms with E-state index in [0.29, 0.717) is 15.2 Å². The Morgan fingerprint density at radius 2 is 2.14 bits per heavy atom. The molecule has 0 spiro atoms. The number of aromatic amines is 1. The Bertz CT molecular complexity index is 833. The lowest BCUT2D eigenvalue weighted by Crippen LogP contribution is -2.15. The molecule has 6 heteroatoms. The largest absolute Gasteiger partial charge is 0.330 e. The second-order valence-corrected chi connectivity index (χ2v) is 7.51. The van der Waals surface area contributed by atoms with Crippen molar-refractivity contribution in [2.75, 3.05) is 0 Å². The molecule has 3 aromatic rings. The molecule has 110 valence electrons. The maximum atomic E-state index is 13.7. The van der Waals surface area contributed by atoms with Crippen LogP contribution >= 0.6 is 39.5 Å². The van der Waals surface area contributed by atoms with E-state index in [2.05, 4.69) is 50.8 Å². The van der Waals surface area contributed by atoms with Gasteiger partial charge in [-0.05, 0) is 51.6 Å². The second-order valence-electron chi connectivity index (χ2n) is 5.29. The topological polar surface area (TPSA) is 20.7 Å². The summed E-state index contributed by atoms with van der Waals surface area (Å²) in [6.07, 6.45) is 0. The van der Waals surface area contributed by atoms with Crippen LogP contribution in [0.25, 0.3) is 11.0 Å². The van der Waals surface area contributed by atoms with Gasteiger partial charge in [-0.25, -0.2) is 4.39 Å². The first-order valence-electron chi connectivity index (χ1n) is 6.61. The Hall–Kier alpha value is -0.980. The molecular formula is C15H14BrFN2S2. The summed E-state index contributed by atoms with van der Waals surface area (Å²) in [6.45, 7) is 4.34. The maximum Gasteiger partial charge on any atom is 0.178 e. The van der Waals surface area contributed by atoms with Crippen LogP contribution in [0, 0.1) is 16.5 Å². The van der Waals surface area contributed by atoms with E-state index in [1.807, 2.05) is 6.07 Å². The van der Waals surface area contributed by atoms with Crippen LogP contribution in [-0.4, -0.2) is 9.55 Å². The number of benzene rings is 1. The molecular weight excluding hydrogens is 371 g/mol. The molecule has 2 nitrogen and oxygen atoms in total. The van der Waals surface area contributed by atoms with Crippen molar-refractivity contribution in [3.05, 3.63) is 49.6 Å². The number of H-pyrrole nitrogens is 1. The molecule has 2 aromatic heterocycles. The molecule has 0 aliphatic carbocycles. The molecule has 1 N–H and O–H groups in total. The van der Waals surface area contributed by atoms with Crippen LogP contribution in [0.1, 0.15) is 24.8 Å². The monoisotopic (exact) mass is 384 g/mol. The molecule has 2 heterocycles. The average Bonchev–Trinajstić information content (AvgIpc) is 3.01. The normalized spacial score (nSPS) is 13.2. The van der Waals surface area contributed by atoms with Crippen molar-refractivity contribution in [2.45, 2.75) is 19.9 Å². The van der Waals surface area contributed by atoms with Gasteiger partial charge in [0.05, 0.1) is 21.5 Å². The Morgan fingerprint density at radius 3 is 2.76 bits per heavy atom. The summed E-state index contributed by atoms with van der Waals surface area (Å²) in [6, 6.07) is 7.58. The minimum Gasteiger partial charge on any atom is -0.330 e. The first-order chi connectivity index (χ1) is 9.99. The number of nitrogens with zero attached hydrogens (tertiary/aromatic N) is 1. The molecule has 0 amide bonds. The van der Waals surface area contributed by atoms with Gasteiger partial charge in [0.1, 0.15) is 5.82 Å². The van der Waals surface area contributed by atoms with E-state index in [9.17, 15) is 4.39 Å². The lowest BCUT2D eigenvalue weighted by Gasteiger charge is -2.22. The van der Waals surface area contributed by atoms with Gasteiger partial charge in [0.15, 0.2) is 4.77 Å². The van der Waals surface area contributed by atoms with Crippen molar-refractivity contribution < 1.29 is 4.39 Å². The van der Waals surface area contributed by atoms with Crippen molar-refractivity contribution in [2.24, 2.45) is 5.92 Å². The van der Waals surface area contributed by atoms with E-state index in [4.69, 9.17) is 12.2 Å². The molecule has 0 saturated heterocycles. The molecule has 1 aromatic carbocycles. The summed E-state index contributed by atoms with van der Waals surface area (Å²) in [5.41, 5.74) is 1.64. The van der Waals surface area contributed by atoms with Gasteiger partial charge in [-0.1, -0.05) is 19.9 Å². The Morgan fingerprint density at radius 1 is 1.38 bits per heavy atom. The highest BCUT2D eigenvalue weighted by Gasteiger charge is 2.22. The molecule has 0 aliphatic heterocycles. The fourth-order valence-corrected chi connectivity index (χ4v) is 4.25. The second kappa shape index (κ2) is 5.66. The number of halogens is 2. The van der Waals surface area contributed by atoms with E-state index in [-0.39, 0.29) is 11.9 Å². The van der Waals surface area contributed by atoms with Gasteiger partial charge in [0.2, 0.25) is 0 Å². The molecule has 21 heavy (non-hydrogen) atoms. The van der Waals surface area contributed by atoms with Gasteiger partial charge >= 0.3 is 0 Å². The van der Waals surface area contributed by atoms with Crippen LogP contribution in [-0.2, 0) is 0 Å². The van der Waals surface area contributed by atoms with Crippen molar-refractivity contribution in [1.29, 1.82) is 0 Å². The fraction of sp³-hybridized carbons (Fsp3) is 0.267. The summed E-state index contributed by atoms with van der Waals surface area (Å²) in [4.78, 5) is 4.37. The average molecular weight is 385 g/mol. The van der Waals surface area contributed by atoms with Gasteiger partial charge in [-0.2, -0.15) is 0 Å². The van der Waals surface area contributed by atoms with Crippen LogP contribution in [0.4, 0.5) is 4.39 Å². The molecule has 0 bridgehead atoms. The number of hydrogen-bond donors (Lipinski definition) is 1. The van der Waals surface area contributed by atoms with Crippen LogP contribution in [0.3, 0.4) is 0 Å². The molecule has 0 saturated carbocycles. The molecule has 1 unspecified atom stereocenters. The number of thiophene rings is 1. The minimum absolute atomic E-state index is 0.142. The minimum atomic E-state index is -0.289. The van der Waals surface area contributed by atoms with Crippen molar-refractivity contribution in [3.8, 4) is 0 Å². The highest BCUT2D eigenvalue weighted by molar-refractivity contribution is 9.10. The van der Waals surface area contributed by atoms with Crippen LogP contribution < -0.4 is 0 Å². The third-order valence-corrected chi connectivity index (χ3v) is 5.35. The van der Waals surface area contributed by atoms with Crippen LogP contribution in [0.15, 0.2) is 34.1 Å². The van der Waals surface area contributed by atoms with Gasteiger partial charge in [0.25, 0.3) is 0 Å².